The molecule has 0 saturated carbocycles. The molecule has 1 aliphatic rings. The lowest BCUT2D eigenvalue weighted by Gasteiger charge is -2.26. The van der Waals surface area contributed by atoms with Gasteiger partial charge >= 0.3 is 6.01 Å². The first-order chi connectivity index (χ1) is 7.42. The van der Waals surface area contributed by atoms with Crippen LogP contribution in [0.25, 0.3) is 11.0 Å². The lowest BCUT2D eigenvalue weighted by molar-refractivity contribution is 0.128. The summed E-state index contributed by atoms with van der Waals surface area (Å²) in [5.74, 6) is 0. The van der Waals surface area contributed by atoms with Crippen LogP contribution in [0.5, 0.6) is 6.01 Å². The Balaban J connectivity index is 1.91. The molecule has 1 aliphatic heterocycles. The third kappa shape index (κ3) is 1.61. The second-order valence-electron chi connectivity index (χ2n) is 3.48. The Morgan fingerprint density at radius 3 is 2.67 bits per heavy atom. The average Bonchev–Trinajstić information content (AvgIpc) is 2.23. The molecule has 0 radical (unpaired) electrons. The average molecular weight is 202 g/mol. The van der Waals surface area contributed by atoms with Crippen molar-refractivity contribution >= 4 is 11.0 Å². The Hall–Kier alpha value is -1.75. The van der Waals surface area contributed by atoms with E-state index in [4.69, 9.17) is 4.74 Å². The van der Waals surface area contributed by atoms with Crippen LogP contribution in [0.2, 0.25) is 0 Å². The Labute approximate surface area is 86.5 Å². The molecule has 0 atom stereocenters. The lowest BCUT2D eigenvalue weighted by atomic mass is 10.2. The van der Waals surface area contributed by atoms with E-state index in [1.54, 1.807) is 0 Å². The monoisotopic (exact) mass is 202 g/mol. The van der Waals surface area contributed by atoms with Gasteiger partial charge in [-0.1, -0.05) is 17.2 Å². The molecule has 1 N–H and O–H groups in total. The summed E-state index contributed by atoms with van der Waals surface area (Å²) in [7, 11) is 0. The van der Waals surface area contributed by atoms with Crippen molar-refractivity contribution in [2.45, 2.75) is 6.10 Å². The van der Waals surface area contributed by atoms with Gasteiger partial charge in [0.1, 0.15) is 11.6 Å². The van der Waals surface area contributed by atoms with Crippen molar-refractivity contribution in [3.8, 4) is 6.01 Å². The van der Waals surface area contributed by atoms with E-state index in [1.807, 2.05) is 24.3 Å². The lowest BCUT2D eigenvalue weighted by Crippen LogP contribution is -2.50. The normalized spacial score (nSPS) is 16.3. The number of hydrogen-bond acceptors (Lipinski definition) is 5. The summed E-state index contributed by atoms with van der Waals surface area (Å²) in [5, 5.41) is 11.1. The first kappa shape index (κ1) is 8.55. The SMILES string of the molecule is c1ccc2nc(OC3CNC3)nnc2c1. The van der Waals surface area contributed by atoms with Crippen LogP contribution in [-0.4, -0.2) is 34.4 Å². The van der Waals surface area contributed by atoms with Gasteiger partial charge in [-0.2, -0.15) is 4.98 Å². The van der Waals surface area contributed by atoms with E-state index in [0.29, 0.717) is 6.01 Å². The zero-order valence-electron chi connectivity index (χ0n) is 8.05. The number of hydrogen-bond donors (Lipinski definition) is 1. The Morgan fingerprint density at radius 1 is 1.13 bits per heavy atom. The van der Waals surface area contributed by atoms with Crippen LogP contribution < -0.4 is 10.1 Å². The number of benzene rings is 1. The van der Waals surface area contributed by atoms with Crippen LogP contribution in [0.4, 0.5) is 0 Å². The molecule has 76 valence electrons. The molecule has 1 aromatic carbocycles. The van der Waals surface area contributed by atoms with Gasteiger partial charge in [0.05, 0.1) is 5.52 Å². The maximum atomic E-state index is 5.51. The van der Waals surface area contributed by atoms with Crippen molar-refractivity contribution in [1.82, 2.24) is 20.5 Å². The molecule has 0 amide bonds. The van der Waals surface area contributed by atoms with Gasteiger partial charge in [-0.05, 0) is 12.1 Å². The maximum absolute atomic E-state index is 5.51. The number of aromatic nitrogens is 3. The van der Waals surface area contributed by atoms with Crippen molar-refractivity contribution in [3.63, 3.8) is 0 Å². The third-order valence-electron chi connectivity index (χ3n) is 2.36. The van der Waals surface area contributed by atoms with Gasteiger partial charge < -0.3 is 10.1 Å². The van der Waals surface area contributed by atoms with Gasteiger partial charge in [0.25, 0.3) is 0 Å². The highest BCUT2D eigenvalue weighted by atomic mass is 16.5. The zero-order valence-corrected chi connectivity index (χ0v) is 8.05. The third-order valence-corrected chi connectivity index (χ3v) is 2.36. The smallest absolute Gasteiger partial charge is 0.336 e. The number of nitrogens with one attached hydrogen (secondary N) is 1. The molecule has 0 aliphatic carbocycles. The van der Waals surface area contributed by atoms with Gasteiger partial charge in [-0.15, -0.1) is 5.10 Å². The number of rotatable bonds is 2. The second kappa shape index (κ2) is 3.43. The van der Waals surface area contributed by atoms with Gasteiger partial charge in [0.15, 0.2) is 0 Å². The van der Waals surface area contributed by atoms with Crippen molar-refractivity contribution < 1.29 is 4.74 Å². The first-order valence-corrected chi connectivity index (χ1v) is 4.89. The van der Waals surface area contributed by atoms with E-state index >= 15 is 0 Å². The molecule has 1 saturated heterocycles. The van der Waals surface area contributed by atoms with E-state index in [1.165, 1.54) is 0 Å². The molecule has 0 bridgehead atoms. The van der Waals surface area contributed by atoms with Crippen LogP contribution in [0.3, 0.4) is 0 Å². The van der Waals surface area contributed by atoms with Gasteiger partial charge in [-0.25, -0.2) is 0 Å². The van der Waals surface area contributed by atoms with E-state index in [9.17, 15) is 0 Å². The zero-order chi connectivity index (χ0) is 10.1. The van der Waals surface area contributed by atoms with Crippen molar-refractivity contribution in [2.24, 2.45) is 0 Å². The molecule has 15 heavy (non-hydrogen) atoms. The van der Waals surface area contributed by atoms with Gasteiger partial charge in [0.2, 0.25) is 0 Å². The topological polar surface area (TPSA) is 59.9 Å². The van der Waals surface area contributed by atoms with E-state index in [2.05, 4.69) is 20.5 Å². The van der Waals surface area contributed by atoms with Crippen LogP contribution in [-0.2, 0) is 0 Å². The summed E-state index contributed by atoms with van der Waals surface area (Å²) in [6.45, 7) is 1.71. The van der Waals surface area contributed by atoms with Crippen LogP contribution in [0.15, 0.2) is 24.3 Å². The van der Waals surface area contributed by atoms with Crippen molar-refractivity contribution in [3.05, 3.63) is 24.3 Å². The second-order valence-corrected chi connectivity index (χ2v) is 3.48. The fourth-order valence-corrected chi connectivity index (χ4v) is 1.41. The quantitative estimate of drug-likeness (QED) is 0.762. The van der Waals surface area contributed by atoms with Crippen LogP contribution in [0, 0.1) is 0 Å². The fourth-order valence-electron chi connectivity index (χ4n) is 1.41. The predicted molar refractivity (Wildman–Crippen MR) is 54.6 cm³/mol. The number of ether oxygens (including phenoxy) is 1. The summed E-state index contributed by atoms with van der Waals surface area (Å²) in [5.41, 5.74) is 1.60. The maximum Gasteiger partial charge on any atom is 0.336 e. The molecule has 0 spiro atoms. The Bertz CT molecular complexity index is 484. The van der Waals surface area contributed by atoms with E-state index in [-0.39, 0.29) is 6.10 Å². The summed E-state index contributed by atoms with van der Waals surface area (Å²) >= 11 is 0. The van der Waals surface area contributed by atoms with Crippen molar-refractivity contribution in [2.75, 3.05) is 13.1 Å². The molecule has 1 aromatic heterocycles. The minimum Gasteiger partial charge on any atom is -0.456 e. The summed E-state index contributed by atoms with van der Waals surface area (Å²) in [6.07, 6.45) is 0.188. The van der Waals surface area contributed by atoms with Crippen LogP contribution >= 0.6 is 0 Å². The molecule has 5 nitrogen and oxygen atoms in total. The van der Waals surface area contributed by atoms with Crippen LogP contribution in [0.1, 0.15) is 0 Å². The predicted octanol–water partition coefficient (Wildman–Crippen LogP) is 0.375. The molecule has 0 unspecified atom stereocenters. The van der Waals surface area contributed by atoms with E-state index in [0.717, 1.165) is 24.1 Å². The standard InChI is InChI=1S/C10H10N4O/c1-2-4-9-8(3-1)12-10(14-13-9)15-7-5-11-6-7/h1-4,7,11H,5-6H2. The summed E-state index contributed by atoms with van der Waals surface area (Å²) in [6, 6.07) is 7.97. The molecular weight excluding hydrogens is 192 g/mol. The fraction of sp³-hybridized carbons (Fsp3) is 0.300. The van der Waals surface area contributed by atoms with Gasteiger partial charge in [0, 0.05) is 13.1 Å². The number of para-hydroxylation sites is 1. The first-order valence-electron chi connectivity index (χ1n) is 4.89. The Kier molecular flexibility index (Phi) is 1.96. The molecule has 3 rings (SSSR count). The molecule has 2 heterocycles. The molecule has 1 fully saturated rings. The van der Waals surface area contributed by atoms with Gasteiger partial charge in [-0.3, -0.25) is 0 Å². The largest absolute Gasteiger partial charge is 0.456 e. The number of nitrogens with zero attached hydrogens (tertiary/aromatic N) is 3. The highest BCUT2D eigenvalue weighted by Crippen LogP contribution is 2.12. The minimum atomic E-state index is 0.188. The highest BCUT2D eigenvalue weighted by molar-refractivity contribution is 5.73. The molecular formula is C10H10N4O. The Morgan fingerprint density at radius 2 is 1.93 bits per heavy atom. The highest BCUT2D eigenvalue weighted by Gasteiger charge is 2.19. The molecule has 2 aromatic rings. The minimum absolute atomic E-state index is 0.188. The summed E-state index contributed by atoms with van der Waals surface area (Å²) in [4.78, 5) is 4.27. The molecule has 5 heteroatoms. The summed E-state index contributed by atoms with van der Waals surface area (Å²) < 4.78 is 5.51. The van der Waals surface area contributed by atoms with Crippen molar-refractivity contribution in [1.29, 1.82) is 0 Å². The van der Waals surface area contributed by atoms with E-state index < -0.39 is 0 Å². The number of fused-ring (bicyclic) bond motifs is 1.